The highest BCUT2D eigenvalue weighted by Crippen LogP contribution is 2.07. The Morgan fingerprint density at radius 2 is 1.75 bits per heavy atom. The Morgan fingerprint density at radius 3 is 2.31 bits per heavy atom. The van der Waals surface area contributed by atoms with Gasteiger partial charge in [0, 0.05) is 19.6 Å². The largest absolute Gasteiger partial charge is 0.392 e. The lowest BCUT2D eigenvalue weighted by Crippen LogP contribution is -2.40. The van der Waals surface area contributed by atoms with Crippen molar-refractivity contribution in [3.8, 4) is 0 Å². The van der Waals surface area contributed by atoms with Gasteiger partial charge in [-0.2, -0.15) is 0 Å². The van der Waals surface area contributed by atoms with Crippen LogP contribution in [0.5, 0.6) is 0 Å². The molecule has 3 N–H and O–H groups in total. The fourth-order valence-corrected chi connectivity index (χ4v) is 1.96. The monoisotopic (exact) mass is 230 g/mol. The van der Waals surface area contributed by atoms with Crippen molar-refractivity contribution in [2.45, 2.75) is 38.9 Å². The number of likely N-dealkylation sites (tertiary alicyclic amines) is 1. The van der Waals surface area contributed by atoms with Gasteiger partial charge in [0.1, 0.15) is 0 Å². The van der Waals surface area contributed by atoms with E-state index in [0.29, 0.717) is 13.1 Å². The van der Waals surface area contributed by atoms with Crippen LogP contribution in [0.1, 0.15) is 26.7 Å². The molecular formula is C12H26N2O2. The number of aliphatic hydroxyl groups excluding tert-OH is 2. The molecule has 2 unspecified atom stereocenters. The summed E-state index contributed by atoms with van der Waals surface area (Å²) in [5.41, 5.74) is 0. The number of β-amino-alcohol motifs (C(OH)–C–C–N with tert-alkyl or cyclic N) is 1. The van der Waals surface area contributed by atoms with Crippen LogP contribution in [0.2, 0.25) is 0 Å². The first-order chi connectivity index (χ1) is 7.59. The fourth-order valence-electron chi connectivity index (χ4n) is 1.96. The second-order valence-corrected chi connectivity index (χ2v) is 5.13. The van der Waals surface area contributed by atoms with E-state index in [1.165, 1.54) is 12.8 Å². The lowest BCUT2D eigenvalue weighted by atomic mass is 10.1. The molecule has 4 nitrogen and oxygen atoms in total. The lowest BCUT2D eigenvalue weighted by Gasteiger charge is -2.21. The molecule has 1 fully saturated rings. The van der Waals surface area contributed by atoms with E-state index in [1.54, 1.807) is 0 Å². The highest BCUT2D eigenvalue weighted by atomic mass is 16.3. The van der Waals surface area contributed by atoms with Crippen LogP contribution < -0.4 is 5.32 Å². The SMILES string of the molecule is CC(C)C(O)CNCC(O)CN1CCCC1. The van der Waals surface area contributed by atoms with E-state index in [9.17, 15) is 10.2 Å². The average molecular weight is 230 g/mol. The van der Waals surface area contributed by atoms with Gasteiger partial charge in [-0.25, -0.2) is 0 Å². The molecule has 0 aliphatic carbocycles. The summed E-state index contributed by atoms with van der Waals surface area (Å²) in [4.78, 5) is 2.30. The molecule has 0 aromatic rings. The molecule has 0 saturated carbocycles. The zero-order chi connectivity index (χ0) is 12.0. The molecular weight excluding hydrogens is 204 g/mol. The maximum atomic E-state index is 9.78. The Balaban J connectivity index is 2.03. The predicted molar refractivity (Wildman–Crippen MR) is 65.4 cm³/mol. The van der Waals surface area contributed by atoms with Crippen molar-refractivity contribution in [1.29, 1.82) is 0 Å². The van der Waals surface area contributed by atoms with E-state index in [1.807, 2.05) is 13.8 Å². The molecule has 1 rings (SSSR count). The molecule has 0 aromatic carbocycles. The van der Waals surface area contributed by atoms with Crippen LogP contribution in [0.4, 0.5) is 0 Å². The van der Waals surface area contributed by atoms with E-state index in [0.717, 1.165) is 19.6 Å². The summed E-state index contributed by atoms with van der Waals surface area (Å²) >= 11 is 0. The maximum absolute atomic E-state index is 9.78. The van der Waals surface area contributed by atoms with Crippen molar-refractivity contribution in [2.75, 3.05) is 32.7 Å². The minimum absolute atomic E-state index is 0.267. The zero-order valence-corrected chi connectivity index (χ0v) is 10.5. The minimum atomic E-state index is -0.322. The molecule has 0 radical (unpaired) electrons. The second-order valence-electron chi connectivity index (χ2n) is 5.13. The third-order valence-electron chi connectivity index (χ3n) is 3.17. The number of nitrogens with zero attached hydrogens (tertiary/aromatic N) is 1. The Kier molecular flexibility index (Phi) is 6.28. The van der Waals surface area contributed by atoms with E-state index in [4.69, 9.17) is 0 Å². The maximum Gasteiger partial charge on any atom is 0.0791 e. The molecule has 0 bridgehead atoms. The normalized spacial score (nSPS) is 21.6. The number of rotatable bonds is 7. The van der Waals surface area contributed by atoms with Crippen molar-refractivity contribution in [3.63, 3.8) is 0 Å². The fraction of sp³-hybridized carbons (Fsp3) is 1.00. The van der Waals surface area contributed by atoms with Gasteiger partial charge in [0.05, 0.1) is 12.2 Å². The van der Waals surface area contributed by atoms with Crippen LogP contribution in [-0.4, -0.2) is 60.0 Å². The standard InChI is InChI=1S/C12H26N2O2/c1-10(2)12(16)8-13-7-11(15)9-14-5-3-4-6-14/h10-13,15-16H,3-9H2,1-2H3. The first kappa shape index (κ1) is 13.9. The first-order valence-electron chi connectivity index (χ1n) is 6.38. The van der Waals surface area contributed by atoms with Gasteiger partial charge in [0.2, 0.25) is 0 Å². The highest BCUT2D eigenvalue weighted by Gasteiger charge is 2.16. The van der Waals surface area contributed by atoms with Crippen LogP contribution in [0.25, 0.3) is 0 Å². The van der Waals surface area contributed by atoms with Crippen molar-refractivity contribution >= 4 is 0 Å². The Hall–Kier alpha value is -0.160. The Morgan fingerprint density at radius 1 is 1.12 bits per heavy atom. The minimum Gasteiger partial charge on any atom is -0.392 e. The van der Waals surface area contributed by atoms with Gasteiger partial charge in [-0.3, -0.25) is 0 Å². The molecule has 2 atom stereocenters. The van der Waals surface area contributed by atoms with Crippen LogP contribution in [0, 0.1) is 5.92 Å². The molecule has 1 heterocycles. The smallest absolute Gasteiger partial charge is 0.0791 e. The van der Waals surface area contributed by atoms with Crippen LogP contribution in [0.3, 0.4) is 0 Å². The Bertz CT molecular complexity index is 182. The summed E-state index contributed by atoms with van der Waals surface area (Å²) in [6.45, 7) is 8.11. The number of hydrogen-bond acceptors (Lipinski definition) is 4. The van der Waals surface area contributed by atoms with Gasteiger partial charge >= 0.3 is 0 Å². The summed E-state index contributed by atoms with van der Waals surface area (Å²) in [5.74, 6) is 0.267. The van der Waals surface area contributed by atoms with E-state index in [-0.39, 0.29) is 18.1 Å². The quantitative estimate of drug-likeness (QED) is 0.578. The summed E-state index contributed by atoms with van der Waals surface area (Å²) < 4.78 is 0. The second kappa shape index (κ2) is 7.22. The van der Waals surface area contributed by atoms with Gasteiger partial charge in [0.15, 0.2) is 0 Å². The van der Waals surface area contributed by atoms with Crippen molar-refractivity contribution in [1.82, 2.24) is 10.2 Å². The molecule has 1 aliphatic heterocycles. The van der Waals surface area contributed by atoms with E-state index >= 15 is 0 Å². The molecule has 96 valence electrons. The van der Waals surface area contributed by atoms with E-state index < -0.39 is 0 Å². The molecule has 4 heteroatoms. The lowest BCUT2D eigenvalue weighted by molar-refractivity contribution is 0.100. The summed E-state index contributed by atoms with van der Waals surface area (Å²) in [7, 11) is 0. The average Bonchev–Trinajstić information content (AvgIpc) is 2.70. The summed E-state index contributed by atoms with van der Waals surface area (Å²) in [6, 6.07) is 0. The van der Waals surface area contributed by atoms with Crippen LogP contribution in [-0.2, 0) is 0 Å². The van der Waals surface area contributed by atoms with Crippen molar-refractivity contribution in [3.05, 3.63) is 0 Å². The summed E-state index contributed by atoms with van der Waals surface area (Å²) in [6.07, 6.45) is 1.87. The van der Waals surface area contributed by atoms with Crippen molar-refractivity contribution in [2.24, 2.45) is 5.92 Å². The number of aliphatic hydroxyl groups is 2. The third-order valence-corrected chi connectivity index (χ3v) is 3.17. The highest BCUT2D eigenvalue weighted by molar-refractivity contribution is 4.72. The van der Waals surface area contributed by atoms with Gasteiger partial charge in [-0.15, -0.1) is 0 Å². The number of hydrogen-bond donors (Lipinski definition) is 3. The first-order valence-corrected chi connectivity index (χ1v) is 6.38. The van der Waals surface area contributed by atoms with Crippen molar-refractivity contribution < 1.29 is 10.2 Å². The topological polar surface area (TPSA) is 55.7 Å². The molecule has 16 heavy (non-hydrogen) atoms. The molecule has 0 aromatic heterocycles. The van der Waals surface area contributed by atoms with Crippen LogP contribution in [0.15, 0.2) is 0 Å². The summed E-state index contributed by atoms with van der Waals surface area (Å²) in [5, 5.41) is 22.5. The van der Waals surface area contributed by atoms with E-state index in [2.05, 4.69) is 10.2 Å². The van der Waals surface area contributed by atoms with Crippen LogP contribution >= 0.6 is 0 Å². The number of nitrogens with one attached hydrogen (secondary N) is 1. The predicted octanol–water partition coefficient (Wildman–Crippen LogP) is 0.0496. The molecule has 1 aliphatic rings. The Labute approximate surface area is 98.6 Å². The third kappa shape index (κ3) is 5.25. The van der Waals surface area contributed by atoms with Gasteiger partial charge in [-0.05, 0) is 31.8 Å². The van der Waals surface area contributed by atoms with Gasteiger partial charge in [0.25, 0.3) is 0 Å². The molecule has 0 spiro atoms. The van der Waals surface area contributed by atoms with Gasteiger partial charge < -0.3 is 20.4 Å². The molecule has 1 saturated heterocycles. The van der Waals surface area contributed by atoms with Gasteiger partial charge in [-0.1, -0.05) is 13.8 Å². The molecule has 0 amide bonds. The zero-order valence-electron chi connectivity index (χ0n) is 10.5.